The van der Waals surface area contributed by atoms with Crippen molar-refractivity contribution in [3.63, 3.8) is 0 Å². The van der Waals surface area contributed by atoms with E-state index in [1.54, 1.807) is 18.0 Å². The molecule has 2 rings (SSSR count). The minimum absolute atomic E-state index is 0.132. The zero-order chi connectivity index (χ0) is 10.8. The molecule has 15 heavy (non-hydrogen) atoms. The van der Waals surface area contributed by atoms with Crippen molar-refractivity contribution < 1.29 is 14.6 Å². The number of aromatic hydroxyl groups is 1. The molecule has 0 saturated heterocycles. The van der Waals surface area contributed by atoms with Crippen LogP contribution in [0.4, 0.5) is 10.5 Å². The van der Waals surface area contributed by atoms with Crippen LogP contribution in [0.3, 0.4) is 0 Å². The van der Waals surface area contributed by atoms with Gasteiger partial charge in [-0.15, -0.1) is 0 Å². The molecule has 0 atom stereocenters. The number of phenols is 1. The van der Waals surface area contributed by atoms with Gasteiger partial charge < -0.3 is 15.2 Å². The quantitative estimate of drug-likeness (QED) is 0.666. The maximum atomic E-state index is 11.5. The number of hydrogen-bond donors (Lipinski definition) is 2. The normalized spacial score (nSPS) is 14.1. The van der Waals surface area contributed by atoms with Gasteiger partial charge in [-0.3, -0.25) is 4.90 Å². The smallest absolute Gasteiger partial charge is 0.321 e. The third kappa shape index (κ3) is 1.68. The van der Waals surface area contributed by atoms with E-state index < -0.39 is 0 Å². The van der Waals surface area contributed by atoms with E-state index in [1.165, 1.54) is 12.1 Å². The fraction of sp³-hybridized carbons (Fsp3) is 0.300. The molecule has 0 radical (unpaired) electrons. The van der Waals surface area contributed by atoms with Crippen LogP contribution in [0.25, 0.3) is 0 Å². The van der Waals surface area contributed by atoms with Crippen molar-refractivity contribution in [2.45, 2.75) is 0 Å². The summed E-state index contributed by atoms with van der Waals surface area (Å²) in [4.78, 5) is 13.1. The number of amides is 2. The van der Waals surface area contributed by atoms with E-state index in [0.717, 1.165) is 0 Å². The molecule has 0 spiro atoms. The van der Waals surface area contributed by atoms with Crippen molar-refractivity contribution in [2.75, 3.05) is 25.1 Å². The first kappa shape index (κ1) is 9.64. The maximum Gasteiger partial charge on any atom is 0.321 e. The Hall–Kier alpha value is -1.91. The third-order valence-corrected chi connectivity index (χ3v) is 2.27. The van der Waals surface area contributed by atoms with E-state index in [-0.39, 0.29) is 11.8 Å². The second-order valence-corrected chi connectivity index (χ2v) is 3.21. The van der Waals surface area contributed by atoms with E-state index in [1.807, 2.05) is 0 Å². The lowest BCUT2D eigenvalue weighted by molar-refractivity contribution is 0.241. The van der Waals surface area contributed by atoms with Crippen molar-refractivity contribution in [3.05, 3.63) is 18.2 Å². The number of hydrogen-bond acceptors (Lipinski definition) is 3. The van der Waals surface area contributed by atoms with Gasteiger partial charge in [-0.1, -0.05) is 0 Å². The Balaban J connectivity index is 2.38. The van der Waals surface area contributed by atoms with Crippen LogP contribution >= 0.6 is 0 Å². The molecular weight excluding hydrogens is 196 g/mol. The van der Waals surface area contributed by atoms with E-state index in [0.29, 0.717) is 24.6 Å². The SMILES string of the molecule is CNC(=O)N1CCOc2cc(O)ccc21. The maximum absolute atomic E-state index is 11.5. The van der Waals surface area contributed by atoms with Gasteiger partial charge in [0, 0.05) is 13.1 Å². The number of benzene rings is 1. The highest BCUT2D eigenvalue weighted by atomic mass is 16.5. The Morgan fingerprint density at radius 3 is 3.13 bits per heavy atom. The summed E-state index contributed by atoms with van der Waals surface area (Å²) in [5.41, 5.74) is 0.679. The molecule has 0 bridgehead atoms. The van der Waals surface area contributed by atoms with Crippen molar-refractivity contribution in [2.24, 2.45) is 0 Å². The highest BCUT2D eigenvalue weighted by Crippen LogP contribution is 2.34. The molecule has 1 aliphatic rings. The zero-order valence-electron chi connectivity index (χ0n) is 8.36. The Morgan fingerprint density at radius 2 is 2.40 bits per heavy atom. The van der Waals surface area contributed by atoms with Crippen LogP contribution in [0, 0.1) is 0 Å². The van der Waals surface area contributed by atoms with Gasteiger partial charge in [-0.05, 0) is 12.1 Å². The minimum atomic E-state index is -0.176. The number of ether oxygens (including phenoxy) is 1. The van der Waals surface area contributed by atoms with Gasteiger partial charge in [-0.25, -0.2) is 4.79 Å². The number of carbonyl (C=O) groups excluding carboxylic acids is 1. The third-order valence-electron chi connectivity index (χ3n) is 2.27. The summed E-state index contributed by atoms with van der Waals surface area (Å²) in [7, 11) is 1.58. The molecule has 1 aliphatic heterocycles. The molecule has 1 aromatic carbocycles. The zero-order valence-corrected chi connectivity index (χ0v) is 8.36. The summed E-state index contributed by atoms with van der Waals surface area (Å²) in [5, 5.41) is 11.8. The fourth-order valence-electron chi connectivity index (χ4n) is 1.55. The standard InChI is InChI=1S/C10H12N2O3/c1-11-10(14)12-4-5-15-9-6-7(13)2-3-8(9)12/h2-3,6,13H,4-5H2,1H3,(H,11,14). The van der Waals surface area contributed by atoms with Crippen LogP contribution in [0.1, 0.15) is 0 Å². The van der Waals surface area contributed by atoms with Gasteiger partial charge in [0.25, 0.3) is 0 Å². The molecule has 0 aliphatic carbocycles. The summed E-state index contributed by atoms with van der Waals surface area (Å²) in [6.45, 7) is 0.946. The molecule has 0 fully saturated rings. The molecule has 5 nitrogen and oxygen atoms in total. The average Bonchev–Trinajstić information content (AvgIpc) is 2.26. The number of fused-ring (bicyclic) bond motifs is 1. The molecule has 2 N–H and O–H groups in total. The molecule has 0 unspecified atom stereocenters. The summed E-state index contributed by atoms with van der Waals surface area (Å²) >= 11 is 0. The van der Waals surface area contributed by atoms with Crippen LogP contribution in [0.2, 0.25) is 0 Å². The summed E-state index contributed by atoms with van der Waals surface area (Å²) in [5.74, 6) is 0.664. The number of phenolic OH excluding ortho intramolecular Hbond substituents is 1. The Bertz CT molecular complexity index is 392. The second kappa shape index (κ2) is 3.68. The van der Waals surface area contributed by atoms with Crippen LogP contribution in [0.5, 0.6) is 11.5 Å². The van der Waals surface area contributed by atoms with Gasteiger partial charge in [0.1, 0.15) is 18.1 Å². The lowest BCUT2D eigenvalue weighted by Gasteiger charge is -2.29. The lowest BCUT2D eigenvalue weighted by Crippen LogP contribution is -2.42. The highest BCUT2D eigenvalue weighted by Gasteiger charge is 2.22. The Kier molecular flexibility index (Phi) is 2.37. The largest absolute Gasteiger partial charge is 0.508 e. The van der Waals surface area contributed by atoms with E-state index in [4.69, 9.17) is 4.74 Å². The minimum Gasteiger partial charge on any atom is -0.508 e. The van der Waals surface area contributed by atoms with Gasteiger partial charge in [-0.2, -0.15) is 0 Å². The van der Waals surface area contributed by atoms with Crippen LogP contribution in [-0.4, -0.2) is 31.3 Å². The van der Waals surface area contributed by atoms with Gasteiger partial charge in [0.15, 0.2) is 0 Å². The molecule has 1 heterocycles. The van der Waals surface area contributed by atoms with E-state index >= 15 is 0 Å². The molecular formula is C10H12N2O3. The van der Waals surface area contributed by atoms with Crippen LogP contribution in [-0.2, 0) is 0 Å². The summed E-state index contributed by atoms with van der Waals surface area (Å²) in [6, 6.07) is 4.53. The number of nitrogens with zero attached hydrogens (tertiary/aromatic N) is 1. The molecule has 0 saturated carbocycles. The molecule has 80 valence electrons. The number of rotatable bonds is 0. The number of carbonyl (C=O) groups is 1. The summed E-state index contributed by atoms with van der Waals surface area (Å²) < 4.78 is 5.35. The van der Waals surface area contributed by atoms with E-state index in [2.05, 4.69) is 5.32 Å². The van der Waals surface area contributed by atoms with Crippen molar-refractivity contribution in [3.8, 4) is 11.5 Å². The highest BCUT2D eigenvalue weighted by molar-refractivity contribution is 5.94. The van der Waals surface area contributed by atoms with Crippen molar-refractivity contribution >= 4 is 11.7 Å². The van der Waals surface area contributed by atoms with Gasteiger partial charge >= 0.3 is 6.03 Å². The predicted octanol–water partition coefficient (Wildman–Crippen LogP) is 0.930. The fourth-order valence-corrected chi connectivity index (χ4v) is 1.55. The van der Waals surface area contributed by atoms with Crippen LogP contribution in [0.15, 0.2) is 18.2 Å². The van der Waals surface area contributed by atoms with Gasteiger partial charge in [0.2, 0.25) is 0 Å². The van der Waals surface area contributed by atoms with E-state index in [9.17, 15) is 9.90 Å². The number of nitrogens with one attached hydrogen (secondary N) is 1. The summed E-state index contributed by atoms with van der Waals surface area (Å²) in [6.07, 6.45) is 0. The second-order valence-electron chi connectivity index (χ2n) is 3.21. The average molecular weight is 208 g/mol. The number of anilines is 1. The predicted molar refractivity (Wildman–Crippen MR) is 55.4 cm³/mol. The molecule has 5 heteroatoms. The van der Waals surface area contributed by atoms with Gasteiger partial charge in [0.05, 0.1) is 12.2 Å². The number of urea groups is 1. The van der Waals surface area contributed by atoms with Crippen LogP contribution < -0.4 is 15.0 Å². The van der Waals surface area contributed by atoms with Crippen molar-refractivity contribution in [1.82, 2.24) is 5.32 Å². The Morgan fingerprint density at radius 1 is 1.60 bits per heavy atom. The van der Waals surface area contributed by atoms with Crippen molar-refractivity contribution in [1.29, 1.82) is 0 Å². The molecule has 1 aromatic rings. The molecule has 2 amide bonds. The molecule has 0 aromatic heterocycles. The monoisotopic (exact) mass is 208 g/mol. The first-order valence-electron chi connectivity index (χ1n) is 4.67. The first-order valence-corrected chi connectivity index (χ1v) is 4.67. The lowest BCUT2D eigenvalue weighted by atomic mass is 10.2. The Labute approximate surface area is 87.3 Å². The first-order chi connectivity index (χ1) is 7.22. The topological polar surface area (TPSA) is 61.8 Å².